The van der Waals surface area contributed by atoms with E-state index in [1.54, 1.807) is 0 Å². The quantitative estimate of drug-likeness (QED) is 0.0538. The summed E-state index contributed by atoms with van der Waals surface area (Å²) in [4.78, 5) is 89.5. The van der Waals surface area contributed by atoms with Crippen molar-refractivity contribution < 1.29 is 93.3 Å². The molecule has 2 amide bonds. The van der Waals surface area contributed by atoms with Crippen molar-refractivity contribution in [3.63, 3.8) is 0 Å². The van der Waals surface area contributed by atoms with Gasteiger partial charge in [-0.15, -0.1) is 6.58 Å². The number of imide groups is 1. The molecule has 0 spiro atoms. The molecule has 2 saturated heterocycles. The number of ether oxygens (including phenoxy) is 9. The van der Waals surface area contributed by atoms with Crippen LogP contribution in [0, 0.1) is 0 Å². The molecule has 0 N–H and O–H groups in total. The fraction of sp³-hybridized carbons (Fsp3) is 0.545. The average molecular weight is 801 g/mol. The third-order valence-electron chi connectivity index (χ3n) is 8.04. The highest BCUT2D eigenvalue weighted by Gasteiger charge is 2.60. The van der Waals surface area contributed by atoms with Crippen LogP contribution in [-0.2, 0) is 81.2 Å². The maximum atomic E-state index is 14.0. The van der Waals surface area contributed by atoms with Gasteiger partial charge in [-0.1, -0.05) is 18.2 Å². The van der Waals surface area contributed by atoms with E-state index in [1.165, 1.54) is 30.3 Å². The zero-order valence-electron chi connectivity index (χ0n) is 30.0. The lowest BCUT2D eigenvalue weighted by Crippen LogP contribution is -2.70. The van der Waals surface area contributed by atoms with E-state index in [4.69, 9.17) is 46.8 Å². The number of hydrogen-bond acceptors (Lipinski definition) is 20. The molecule has 0 aromatic heterocycles. The first-order chi connectivity index (χ1) is 25.8. The molecule has 1 aromatic rings. The largest absolute Gasteiger partial charge is 0.726 e. The Bertz CT molecular complexity index is 1750. The van der Waals surface area contributed by atoms with Gasteiger partial charge < -0.3 is 47.2 Å². The van der Waals surface area contributed by atoms with Gasteiger partial charge in [0.25, 0.3) is 11.8 Å². The number of rotatable bonds is 15. The third kappa shape index (κ3) is 10.7. The van der Waals surface area contributed by atoms with Gasteiger partial charge in [0, 0.05) is 34.6 Å². The van der Waals surface area contributed by atoms with Crippen LogP contribution in [-0.4, -0.2) is 141 Å². The average Bonchev–Trinajstić information content (AvgIpc) is 3.32. The minimum atomic E-state index is -5.81. The molecule has 55 heavy (non-hydrogen) atoms. The predicted octanol–water partition coefficient (Wildman–Crippen LogP) is -0.544. The van der Waals surface area contributed by atoms with E-state index < -0.39 is 127 Å². The zero-order chi connectivity index (χ0) is 40.8. The molecule has 0 saturated carbocycles. The minimum Gasteiger partial charge on any atom is -0.726 e. The van der Waals surface area contributed by atoms with Gasteiger partial charge in [0.15, 0.2) is 30.9 Å². The number of fused-ring (bicyclic) bond motifs is 1. The van der Waals surface area contributed by atoms with Gasteiger partial charge in [-0.2, -0.15) is 0 Å². The highest BCUT2D eigenvalue weighted by Crippen LogP contribution is 2.39. The first kappa shape index (κ1) is 42.9. The summed E-state index contributed by atoms with van der Waals surface area (Å²) in [5.41, 5.74) is -0.357. The van der Waals surface area contributed by atoms with Gasteiger partial charge >= 0.3 is 29.8 Å². The SMILES string of the molecule is C=CCO[C@@H]1O[C@@H](COC(C)=O)[C@@H](OC(C)=O)[C@@H](O[C@@H]2O[C@H](COC(C)=O)[C@@H](OC(C)=O)[C@H](OS(=O)(=O)[O-])[C@H]2N2C(=O)c3ccccc3C2=O)[C@@H]1OC(C)=O. The van der Waals surface area contributed by atoms with Gasteiger partial charge in [0.1, 0.15) is 43.7 Å². The highest BCUT2D eigenvalue weighted by molar-refractivity contribution is 7.80. The Labute approximate surface area is 313 Å². The summed E-state index contributed by atoms with van der Waals surface area (Å²) < 4.78 is 92.5. The number of benzene rings is 1. The van der Waals surface area contributed by atoms with Gasteiger partial charge in [-0.05, 0) is 12.1 Å². The Morgan fingerprint density at radius 3 is 1.62 bits per heavy atom. The normalized spacial score (nSPS) is 29.1. The van der Waals surface area contributed by atoms with Crippen LogP contribution < -0.4 is 0 Å². The lowest BCUT2D eigenvalue weighted by molar-refractivity contribution is -0.350. The van der Waals surface area contributed by atoms with E-state index >= 15 is 0 Å². The van der Waals surface area contributed by atoms with E-state index in [1.807, 2.05) is 0 Å². The van der Waals surface area contributed by atoms with Gasteiger partial charge in [-0.25, -0.2) is 8.42 Å². The second kappa shape index (κ2) is 18.2. The van der Waals surface area contributed by atoms with Crippen molar-refractivity contribution in [2.45, 2.75) is 96.0 Å². The lowest BCUT2D eigenvalue weighted by Gasteiger charge is -2.50. The second-order valence-electron chi connectivity index (χ2n) is 12.1. The van der Waals surface area contributed by atoms with Crippen molar-refractivity contribution >= 4 is 52.1 Å². The molecule has 0 aliphatic carbocycles. The van der Waals surface area contributed by atoms with E-state index in [0.29, 0.717) is 4.90 Å². The molecule has 0 radical (unpaired) electrons. The van der Waals surface area contributed by atoms with E-state index in [0.717, 1.165) is 34.6 Å². The monoisotopic (exact) mass is 800 g/mol. The summed E-state index contributed by atoms with van der Waals surface area (Å²) in [5, 5.41) is 0. The summed E-state index contributed by atoms with van der Waals surface area (Å²) in [5.74, 6) is -6.85. The molecule has 3 aliphatic rings. The Kier molecular flexibility index (Phi) is 14.2. The molecule has 1 aromatic carbocycles. The molecule has 302 valence electrons. The molecule has 0 unspecified atom stereocenters. The van der Waals surface area contributed by atoms with Crippen LogP contribution in [0.5, 0.6) is 0 Å². The summed E-state index contributed by atoms with van der Waals surface area (Å²) in [6.07, 6.45) is -15.4. The smallest absolute Gasteiger partial charge is 0.303 e. The first-order valence-electron chi connectivity index (χ1n) is 16.4. The number of nitrogens with zero attached hydrogens (tertiary/aromatic N) is 1. The number of hydrogen-bond donors (Lipinski definition) is 0. The molecule has 2 fully saturated rings. The van der Waals surface area contributed by atoms with Crippen molar-refractivity contribution in [2.24, 2.45) is 0 Å². The number of esters is 5. The van der Waals surface area contributed by atoms with Crippen LogP contribution >= 0.6 is 0 Å². The van der Waals surface area contributed by atoms with Crippen LogP contribution in [0.4, 0.5) is 0 Å². The number of amides is 2. The fourth-order valence-corrected chi connectivity index (χ4v) is 6.63. The Balaban J connectivity index is 1.97. The highest BCUT2D eigenvalue weighted by atomic mass is 32.3. The number of carbonyl (C=O) groups is 7. The molecule has 10 atom stereocenters. The van der Waals surface area contributed by atoms with Gasteiger partial charge in [0.05, 0.1) is 17.7 Å². The topological polar surface area (TPSA) is 272 Å². The third-order valence-corrected chi connectivity index (χ3v) is 8.49. The molecule has 0 bridgehead atoms. The van der Waals surface area contributed by atoms with Crippen molar-refractivity contribution in [1.82, 2.24) is 4.90 Å². The molecule has 3 aliphatic heterocycles. The Morgan fingerprint density at radius 1 is 0.727 bits per heavy atom. The molecular formula is C33H38NO20S-. The molecule has 3 heterocycles. The molecule has 21 nitrogen and oxygen atoms in total. The van der Waals surface area contributed by atoms with Crippen molar-refractivity contribution in [3.05, 3.63) is 48.0 Å². The van der Waals surface area contributed by atoms with Crippen molar-refractivity contribution in [2.75, 3.05) is 19.8 Å². The maximum absolute atomic E-state index is 14.0. The van der Waals surface area contributed by atoms with Crippen LogP contribution in [0.15, 0.2) is 36.9 Å². The van der Waals surface area contributed by atoms with Crippen molar-refractivity contribution in [3.8, 4) is 0 Å². The molecular weight excluding hydrogens is 762 g/mol. The van der Waals surface area contributed by atoms with Gasteiger partial charge in [-0.3, -0.25) is 42.6 Å². The summed E-state index contributed by atoms with van der Waals surface area (Å²) >= 11 is 0. The van der Waals surface area contributed by atoms with Crippen LogP contribution in [0.25, 0.3) is 0 Å². The summed E-state index contributed by atoms with van der Waals surface area (Å²) in [6, 6.07) is 3.22. The van der Waals surface area contributed by atoms with E-state index in [9.17, 15) is 46.5 Å². The van der Waals surface area contributed by atoms with Crippen LogP contribution in [0.2, 0.25) is 0 Å². The fourth-order valence-electron chi connectivity index (χ4n) is 6.14. The Morgan fingerprint density at radius 2 is 1.18 bits per heavy atom. The van der Waals surface area contributed by atoms with E-state index in [2.05, 4.69) is 6.58 Å². The summed E-state index contributed by atoms with van der Waals surface area (Å²) in [6.45, 7) is 6.82. The predicted molar refractivity (Wildman–Crippen MR) is 174 cm³/mol. The Hall–Kier alpha value is -4.84. The molecule has 22 heteroatoms. The molecule has 4 rings (SSSR count). The standard InChI is InChI=1S/C33H39NO20S/c1-7-12-45-33-29(50-19(6)39)28(26(49-18(5)38)23(52-33)14-47-16(3)36)53-32-24(34-30(40)20-10-8-9-11-21(20)31(34)41)27(54-55(42,43)44)25(48-17(4)37)22(51-32)13-46-15(2)35/h7-11,22-29,32-33H,1,12-14H2,2-6H3,(H,42,43,44)/p-1/t22-,23+,24-,25-,26-,27-,28-,29+,32+,33-/m1/s1. The van der Waals surface area contributed by atoms with Crippen LogP contribution in [0.3, 0.4) is 0 Å². The van der Waals surface area contributed by atoms with Crippen molar-refractivity contribution in [1.29, 1.82) is 0 Å². The minimum absolute atomic E-state index is 0.179. The zero-order valence-corrected chi connectivity index (χ0v) is 30.8. The number of carbonyl (C=O) groups excluding carboxylic acids is 7. The first-order valence-corrected chi connectivity index (χ1v) is 17.7. The summed E-state index contributed by atoms with van der Waals surface area (Å²) in [7, 11) is -5.81. The van der Waals surface area contributed by atoms with Crippen LogP contribution in [0.1, 0.15) is 55.3 Å². The van der Waals surface area contributed by atoms with E-state index in [-0.39, 0.29) is 17.7 Å². The maximum Gasteiger partial charge on any atom is 0.303 e. The second-order valence-corrected chi connectivity index (χ2v) is 13.1. The van der Waals surface area contributed by atoms with Gasteiger partial charge in [0.2, 0.25) is 10.4 Å². The lowest BCUT2D eigenvalue weighted by atomic mass is 9.94.